The maximum atomic E-state index is 5.19. The standard InChI is InChI=1S/C16H25NO/c1-5-11-17-16(12-13(3)6-2)14-7-9-15(18-4)10-8-14/h7-10,16-17H,3,5-6,11-12H2,1-2,4H3. The minimum Gasteiger partial charge on any atom is -0.497 e. The molecular formula is C16H25NO. The summed E-state index contributed by atoms with van der Waals surface area (Å²) in [6, 6.07) is 8.67. The van der Waals surface area contributed by atoms with Gasteiger partial charge < -0.3 is 10.1 Å². The highest BCUT2D eigenvalue weighted by atomic mass is 16.5. The third-order valence-electron chi connectivity index (χ3n) is 3.15. The Kier molecular flexibility index (Phi) is 6.51. The first kappa shape index (κ1) is 14.8. The van der Waals surface area contributed by atoms with Crippen molar-refractivity contribution in [3.8, 4) is 5.75 Å². The highest BCUT2D eigenvalue weighted by Crippen LogP contribution is 2.23. The van der Waals surface area contributed by atoms with Crippen LogP contribution in [-0.2, 0) is 0 Å². The van der Waals surface area contributed by atoms with E-state index in [0.29, 0.717) is 6.04 Å². The third kappa shape index (κ3) is 4.53. The molecular weight excluding hydrogens is 222 g/mol. The van der Waals surface area contributed by atoms with Gasteiger partial charge >= 0.3 is 0 Å². The van der Waals surface area contributed by atoms with E-state index in [4.69, 9.17) is 4.74 Å². The lowest BCUT2D eigenvalue weighted by molar-refractivity contribution is 0.414. The molecule has 1 aromatic carbocycles. The van der Waals surface area contributed by atoms with E-state index >= 15 is 0 Å². The number of methoxy groups -OCH3 is 1. The van der Waals surface area contributed by atoms with Crippen molar-refractivity contribution < 1.29 is 4.74 Å². The summed E-state index contributed by atoms with van der Waals surface area (Å²) in [5.74, 6) is 0.905. The molecule has 2 heteroatoms. The molecule has 100 valence electrons. The van der Waals surface area contributed by atoms with Gasteiger partial charge in [0.25, 0.3) is 0 Å². The van der Waals surface area contributed by atoms with Crippen molar-refractivity contribution in [1.82, 2.24) is 5.32 Å². The highest BCUT2D eigenvalue weighted by molar-refractivity contribution is 5.29. The molecule has 0 aliphatic rings. The highest BCUT2D eigenvalue weighted by Gasteiger charge is 2.11. The normalized spacial score (nSPS) is 12.2. The lowest BCUT2D eigenvalue weighted by atomic mass is 9.98. The molecule has 0 bridgehead atoms. The molecule has 0 fully saturated rings. The minimum absolute atomic E-state index is 0.364. The van der Waals surface area contributed by atoms with Gasteiger partial charge in [0, 0.05) is 6.04 Å². The predicted octanol–water partition coefficient (Wildman–Crippen LogP) is 4.09. The van der Waals surface area contributed by atoms with Gasteiger partial charge in [0.05, 0.1) is 7.11 Å². The predicted molar refractivity (Wildman–Crippen MR) is 78.1 cm³/mol. The van der Waals surface area contributed by atoms with Gasteiger partial charge in [-0.1, -0.05) is 38.1 Å². The van der Waals surface area contributed by atoms with Crippen molar-refractivity contribution in [3.05, 3.63) is 42.0 Å². The summed E-state index contributed by atoms with van der Waals surface area (Å²) >= 11 is 0. The van der Waals surface area contributed by atoms with Crippen molar-refractivity contribution in [2.75, 3.05) is 13.7 Å². The zero-order valence-electron chi connectivity index (χ0n) is 11.8. The zero-order chi connectivity index (χ0) is 13.4. The quantitative estimate of drug-likeness (QED) is 0.699. The molecule has 0 saturated carbocycles. The number of rotatable bonds is 8. The molecule has 2 nitrogen and oxygen atoms in total. The van der Waals surface area contributed by atoms with E-state index in [1.165, 1.54) is 11.1 Å². The van der Waals surface area contributed by atoms with Gasteiger partial charge in [-0.15, -0.1) is 0 Å². The molecule has 18 heavy (non-hydrogen) atoms. The summed E-state index contributed by atoms with van der Waals surface area (Å²) in [5, 5.41) is 3.59. The van der Waals surface area contributed by atoms with Gasteiger partial charge in [0.15, 0.2) is 0 Å². The van der Waals surface area contributed by atoms with Crippen LogP contribution in [0.2, 0.25) is 0 Å². The van der Waals surface area contributed by atoms with Crippen molar-refractivity contribution >= 4 is 0 Å². The lowest BCUT2D eigenvalue weighted by Gasteiger charge is -2.20. The average molecular weight is 247 g/mol. The van der Waals surface area contributed by atoms with Crippen LogP contribution < -0.4 is 10.1 Å². The third-order valence-corrected chi connectivity index (χ3v) is 3.15. The summed E-state index contributed by atoms with van der Waals surface area (Å²) in [5.41, 5.74) is 2.60. The average Bonchev–Trinajstić information content (AvgIpc) is 2.43. The summed E-state index contributed by atoms with van der Waals surface area (Å²) in [6.07, 6.45) is 3.19. The van der Waals surface area contributed by atoms with Crippen LogP contribution in [0.15, 0.2) is 36.4 Å². The van der Waals surface area contributed by atoms with E-state index in [2.05, 4.69) is 37.9 Å². The summed E-state index contributed by atoms with van der Waals surface area (Å²) < 4.78 is 5.19. The van der Waals surface area contributed by atoms with E-state index in [0.717, 1.165) is 31.6 Å². The monoisotopic (exact) mass is 247 g/mol. The fraction of sp³-hybridized carbons (Fsp3) is 0.500. The van der Waals surface area contributed by atoms with Crippen molar-refractivity contribution in [2.24, 2.45) is 0 Å². The van der Waals surface area contributed by atoms with Crippen LogP contribution in [-0.4, -0.2) is 13.7 Å². The molecule has 0 radical (unpaired) electrons. The fourth-order valence-electron chi connectivity index (χ4n) is 1.90. The van der Waals surface area contributed by atoms with E-state index in [-0.39, 0.29) is 0 Å². The van der Waals surface area contributed by atoms with Crippen molar-refractivity contribution in [3.63, 3.8) is 0 Å². The van der Waals surface area contributed by atoms with E-state index < -0.39 is 0 Å². The number of ether oxygens (including phenoxy) is 1. The van der Waals surface area contributed by atoms with Gasteiger partial charge in [-0.05, 0) is 43.5 Å². The van der Waals surface area contributed by atoms with Crippen LogP contribution in [0.1, 0.15) is 44.7 Å². The van der Waals surface area contributed by atoms with Crippen LogP contribution in [0, 0.1) is 0 Å². The Morgan fingerprint density at radius 2 is 1.94 bits per heavy atom. The number of nitrogens with one attached hydrogen (secondary N) is 1. The Balaban J connectivity index is 2.75. The van der Waals surface area contributed by atoms with Crippen LogP contribution in [0.25, 0.3) is 0 Å². The van der Waals surface area contributed by atoms with Crippen molar-refractivity contribution in [2.45, 2.75) is 39.2 Å². The number of hydrogen-bond donors (Lipinski definition) is 1. The topological polar surface area (TPSA) is 21.3 Å². The molecule has 1 aromatic rings. The van der Waals surface area contributed by atoms with Gasteiger partial charge in [0.1, 0.15) is 5.75 Å². The maximum Gasteiger partial charge on any atom is 0.118 e. The van der Waals surface area contributed by atoms with Crippen LogP contribution >= 0.6 is 0 Å². The molecule has 0 heterocycles. The first-order valence-electron chi connectivity index (χ1n) is 6.75. The van der Waals surface area contributed by atoms with Crippen LogP contribution in [0.3, 0.4) is 0 Å². The van der Waals surface area contributed by atoms with Crippen LogP contribution in [0.5, 0.6) is 5.75 Å². The summed E-state index contributed by atoms with van der Waals surface area (Å²) in [4.78, 5) is 0. The molecule has 1 unspecified atom stereocenters. The van der Waals surface area contributed by atoms with E-state index in [1.807, 2.05) is 12.1 Å². The lowest BCUT2D eigenvalue weighted by Crippen LogP contribution is -2.22. The molecule has 1 N–H and O–H groups in total. The molecule has 0 saturated heterocycles. The Labute approximate surface area is 111 Å². The minimum atomic E-state index is 0.364. The Morgan fingerprint density at radius 1 is 1.28 bits per heavy atom. The van der Waals surface area contributed by atoms with Crippen molar-refractivity contribution in [1.29, 1.82) is 0 Å². The maximum absolute atomic E-state index is 5.19. The van der Waals surface area contributed by atoms with Gasteiger partial charge in [-0.3, -0.25) is 0 Å². The SMILES string of the molecule is C=C(CC)CC(NCCC)c1ccc(OC)cc1. The Bertz CT molecular complexity index is 356. The summed E-state index contributed by atoms with van der Waals surface area (Å²) in [7, 11) is 1.70. The van der Waals surface area contributed by atoms with Crippen LogP contribution in [0.4, 0.5) is 0 Å². The van der Waals surface area contributed by atoms with Gasteiger partial charge in [0.2, 0.25) is 0 Å². The fourth-order valence-corrected chi connectivity index (χ4v) is 1.90. The second-order valence-corrected chi connectivity index (χ2v) is 4.59. The first-order chi connectivity index (χ1) is 8.71. The van der Waals surface area contributed by atoms with Gasteiger partial charge in [-0.2, -0.15) is 0 Å². The van der Waals surface area contributed by atoms with E-state index in [1.54, 1.807) is 7.11 Å². The second-order valence-electron chi connectivity index (χ2n) is 4.59. The Morgan fingerprint density at radius 3 is 2.44 bits per heavy atom. The number of hydrogen-bond acceptors (Lipinski definition) is 2. The smallest absolute Gasteiger partial charge is 0.118 e. The molecule has 0 amide bonds. The molecule has 0 aromatic heterocycles. The zero-order valence-corrected chi connectivity index (χ0v) is 11.8. The molecule has 1 rings (SSSR count). The first-order valence-corrected chi connectivity index (χ1v) is 6.75. The Hall–Kier alpha value is -1.28. The molecule has 0 spiro atoms. The summed E-state index contributed by atoms with van der Waals surface area (Å²) in [6.45, 7) is 9.50. The molecule has 0 aliphatic heterocycles. The van der Waals surface area contributed by atoms with Gasteiger partial charge in [-0.25, -0.2) is 0 Å². The molecule has 0 aliphatic carbocycles. The number of benzene rings is 1. The van der Waals surface area contributed by atoms with E-state index in [9.17, 15) is 0 Å². The second kappa shape index (κ2) is 7.93. The largest absolute Gasteiger partial charge is 0.497 e. The molecule has 1 atom stereocenters.